The summed E-state index contributed by atoms with van der Waals surface area (Å²) >= 11 is 6.11. The molecule has 4 heterocycles. The van der Waals surface area contributed by atoms with Crippen LogP contribution in [0.5, 0.6) is 0 Å². The highest BCUT2D eigenvalue weighted by atomic mass is 35.5. The number of halogens is 2. The first-order valence-electron chi connectivity index (χ1n) is 11.7. The van der Waals surface area contributed by atoms with E-state index in [4.69, 9.17) is 26.3 Å². The zero-order valence-electron chi connectivity index (χ0n) is 19.7. The van der Waals surface area contributed by atoms with Crippen LogP contribution in [-0.2, 0) is 11.3 Å². The highest BCUT2D eigenvalue weighted by molar-refractivity contribution is 6.31. The number of fused-ring (bicyclic) bond motifs is 2. The monoisotopic (exact) mass is 506 g/mol. The average Bonchev–Trinajstić information content (AvgIpc) is 3.45. The average molecular weight is 507 g/mol. The zero-order valence-corrected chi connectivity index (χ0v) is 20.5. The van der Waals surface area contributed by atoms with Gasteiger partial charge in [-0.3, -0.25) is 4.57 Å². The van der Waals surface area contributed by atoms with Gasteiger partial charge in [0.1, 0.15) is 18.0 Å². The largest absolute Gasteiger partial charge is 0.372 e. The highest BCUT2D eigenvalue weighted by Crippen LogP contribution is 2.27. The van der Waals surface area contributed by atoms with Crippen molar-refractivity contribution in [3.8, 4) is 5.69 Å². The molecule has 0 bridgehead atoms. The van der Waals surface area contributed by atoms with Gasteiger partial charge >= 0.3 is 0 Å². The van der Waals surface area contributed by atoms with Crippen molar-refractivity contribution in [2.75, 3.05) is 23.3 Å². The molecule has 0 spiro atoms. The Hall–Kier alpha value is -3.76. The van der Waals surface area contributed by atoms with Crippen LogP contribution in [0.3, 0.4) is 0 Å². The van der Waals surface area contributed by atoms with Crippen LogP contribution >= 0.6 is 11.6 Å². The Morgan fingerprint density at radius 3 is 2.75 bits per heavy atom. The molecule has 3 aromatic heterocycles. The van der Waals surface area contributed by atoms with E-state index in [0.29, 0.717) is 53.3 Å². The zero-order chi connectivity index (χ0) is 24.8. The highest BCUT2D eigenvalue weighted by Gasteiger charge is 2.26. The van der Waals surface area contributed by atoms with Gasteiger partial charge < -0.3 is 19.9 Å². The molecule has 6 rings (SSSR count). The summed E-state index contributed by atoms with van der Waals surface area (Å²) in [5, 5.41) is 4.00. The van der Waals surface area contributed by atoms with Crippen LogP contribution in [0.2, 0.25) is 5.02 Å². The quantitative estimate of drug-likeness (QED) is 0.356. The summed E-state index contributed by atoms with van der Waals surface area (Å²) in [5.74, 6) is 1.53. The fourth-order valence-electron chi connectivity index (χ4n) is 4.59. The Kier molecular flexibility index (Phi) is 5.69. The van der Waals surface area contributed by atoms with Crippen LogP contribution in [0.15, 0.2) is 48.8 Å². The standard InChI is InChI=1S/C25H24ClFN8O/c1-14-11-34(12-15(2)36-14)25-32-23(28-10-21-30-19-7-6-16(26)8-20(19)31-21)22-24(33-25)35(13-29-22)18-5-3-4-17(27)9-18/h3-9,13-15H,10-12H2,1-2H3,(H,30,31)(H,28,32,33)/t14-,15+. The summed E-state index contributed by atoms with van der Waals surface area (Å²) in [7, 11) is 0. The third-order valence-corrected chi connectivity index (χ3v) is 6.33. The molecule has 0 unspecified atom stereocenters. The number of morpholine rings is 1. The Bertz CT molecular complexity index is 1560. The van der Waals surface area contributed by atoms with Crippen molar-refractivity contribution in [3.05, 3.63) is 65.5 Å². The molecule has 2 aromatic carbocycles. The summed E-state index contributed by atoms with van der Waals surface area (Å²) in [4.78, 5) is 24.3. The summed E-state index contributed by atoms with van der Waals surface area (Å²) < 4.78 is 21.7. The predicted molar refractivity (Wildman–Crippen MR) is 137 cm³/mol. The number of nitrogens with zero attached hydrogens (tertiary/aromatic N) is 6. The molecule has 9 nitrogen and oxygen atoms in total. The van der Waals surface area contributed by atoms with E-state index in [1.807, 2.05) is 38.1 Å². The molecule has 1 fully saturated rings. The molecular weight excluding hydrogens is 483 g/mol. The van der Waals surface area contributed by atoms with Crippen LogP contribution in [0.25, 0.3) is 27.9 Å². The topological polar surface area (TPSA) is 96.8 Å². The van der Waals surface area contributed by atoms with Gasteiger partial charge in [0, 0.05) is 18.1 Å². The minimum Gasteiger partial charge on any atom is -0.372 e. The number of aromatic nitrogens is 6. The third kappa shape index (κ3) is 4.33. The molecule has 11 heteroatoms. The van der Waals surface area contributed by atoms with E-state index in [-0.39, 0.29) is 18.0 Å². The Balaban J connectivity index is 1.40. The van der Waals surface area contributed by atoms with E-state index in [0.717, 1.165) is 16.9 Å². The molecular formula is C25H24ClFN8O. The summed E-state index contributed by atoms with van der Waals surface area (Å²) in [5.41, 5.74) is 3.48. The fourth-order valence-corrected chi connectivity index (χ4v) is 4.76. The van der Waals surface area contributed by atoms with E-state index in [2.05, 4.69) is 25.2 Å². The van der Waals surface area contributed by atoms with Gasteiger partial charge in [-0.15, -0.1) is 0 Å². The molecule has 184 valence electrons. The minimum absolute atomic E-state index is 0.0416. The molecule has 1 aliphatic rings. The van der Waals surface area contributed by atoms with Gasteiger partial charge in [-0.2, -0.15) is 9.97 Å². The van der Waals surface area contributed by atoms with Crippen molar-refractivity contribution in [3.63, 3.8) is 0 Å². The van der Waals surface area contributed by atoms with Gasteiger partial charge in [-0.05, 0) is 50.2 Å². The van der Waals surface area contributed by atoms with Gasteiger partial charge in [-0.1, -0.05) is 17.7 Å². The molecule has 0 amide bonds. The van der Waals surface area contributed by atoms with Crippen molar-refractivity contribution in [1.29, 1.82) is 0 Å². The lowest BCUT2D eigenvalue weighted by Gasteiger charge is -2.35. The van der Waals surface area contributed by atoms with E-state index in [1.165, 1.54) is 12.1 Å². The maximum atomic E-state index is 14.0. The van der Waals surface area contributed by atoms with Crippen molar-refractivity contribution >= 4 is 45.6 Å². The maximum Gasteiger partial charge on any atom is 0.229 e. The number of ether oxygens (including phenoxy) is 1. The number of nitrogens with one attached hydrogen (secondary N) is 2. The molecule has 1 aliphatic heterocycles. The van der Waals surface area contributed by atoms with E-state index < -0.39 is 0 Å². The van der Waals surface area contributed by atoms with Crippen LogP contribution in [0, 0.1) is 5.82 Å². The summed E-state index contributed by atoms with van der Waals surface area (Å²) in [6.07, 6.45) is 1.72. The predicted octanol–water partition coefficient (Wildman–Crippen LogP) is 4.71. The Morgan fingerprint density at radius 2 is 1.94 bits per heavy atom. The first-order chi connectivity index (χ1) is 17.4. The molecule has 0 radical (unpaired) electrons. The van der Waals surface area contributed by atoms with Gasteiger partial charge in [0.25, 0.3) is 0 Å². The number of imidazole rings is 2. The third-order valence-electron chi connectivity index (χ3n) is 6.09. The number of rotatable bonds is 5. The van der Waals surface area contributed by atoms with E-state index in [9.17, 15) is 4.39 Å². The van der Waals surface area contributed by atoms with Gasteiger partial charge in [0.15, 0.2) is 17.0 Å². The Morgan fingerprint density at radius 1 is 1.11 bits per heavy atom. The molecule has 0 saturated carbocycles. The van der Waals surface area contributed by atoms with Crippen molar-refractivity contribution < 1.29 is 9.13 Å². The molecule has 2 atom stereocenters. The SMILES string of the molecule is C[C@@H]1CN(c2nc(NCc3nc4cc(Cl)ccc4[nH]3)c3ncn(-c4cccc(F)c4)c3n2)C[C@H](C)O1. The molecule has 5 aromatic rings. The smallest absolute Gasteiger partial charge is 0.229 e. The van der Waals surface area contributed by atoms with Gasteiger partial charge in [0.05, 0.1) is 35.5 Å². The summed E-state index contributed by atoms with van der Waals surface area (Å²) in [6.45, 7) is 5.78. The minimum atomic E-state index is -0.331. The normalized spacial score (nSPS) is 18.3. The summed E-state index contributed by atoms with van der Waals surface area (Å²) in [6, 6.07) is 11.9. The second kappa shape index (κ2) is 9.03. The number of aromatic amines is 1. The second-order valence-electron chi connectivity index (χ2n) is 9.00. The van der Waals surface area contributed by atoms with Crippen molar-refractivity contribution in [1.82, 2.24) is 29.5 Å². The molecule has 2 N–H and O–H groups in total. The molecule has 0 aliphatic carbocycles. The van der Waals surface area contributed by atoms with Crippen LogP contribution in [0.1, 0.15) is 19.7 Å². The number of H-pyrrole nitrogens is 1. The van der Waals surface area contributed by atoms with Crippen molar-refractivity contribution in [2.24, 2.45) is 0 Å². The van der Waals surface area contributed by atoms with Crippen LogP contribution in [-0.4, -0.2) is 54.8 Å². The Labute approximate surface area is 211 Å². The van der Waals surface area contributed by atoms with E-state index in [1.54, 1.807) is 17.0 Å². The van der Waals surface area contributed by atoms with Crippen LogP contribution < -0.4 is 10.2 Å². The number of hydrogen-bond donors (Lipinski definition) is 2. The number of benzene rings is 2. The number of hydrogen-bond acceptors (Lipinski definition) is 7. The lowest BCUT2D eigenvalue weighted by atomic mass is 10.2. The van der Waals surface area contributed by atoms with Crippen LogP contribution in [0.4, 0.5) is 16.2 Å². The second-order valence-corrected chi connectivity index (χ2v) is 9.44. The lowest BCUT2D eigenvalue weighted by Crippen LogP contribution is -2.46. The molecule has 1 saturated heterocycles. The van der Waals surface area contributed by atoms with Gasteiger partial charge in [-0.25, -0.2) is 14.4 Å². The first kappa shape index (κ1) is 22.7. The number of anilines is 2. The lowest BCUT2D eigenvalue weighted by molar-refractivity contribution is -0.00569. The van der Waals surface area contributed by atoms with Crippen molar-refractivity contribution in [2.45, 2.75) is 32.6 Å². The maximum absolute atomic E-state index is 14.0. The fraction of sp³-hybridized carbons (Fsp3) is 0.280. The van der Waals surface area contributed by atoms with Gasteiger partial charge in [0.2, 0.25) is 5.95 Å². The molecule has 36 heavy (non-hydrogen) atoms. The first-order valence-corrected chi connectivity index (χ1v) is 12.1. The van der Waals surface area contributed by atoms with E-state index >= 15 is 0 Å².